The highest BCUT2D eigenvalue weighted by atomic mass is 35.5. The molecule has 0 aliphatic heterocycles. The molecule has 168 valence electrons. The summed E-state index contributed by atoms with van der Waals surface area (Å²) in [7, 11) is 0. The molecule has 0 saturated carbocycles. The molecular formula is C25H30ClN5O. The van der Waals surface area contributed by atoms with Gasteiger partial charge < -0.3 is 5.32 Å². The van der Waals surface area contributed by atoms with Crippen molar-refractivity contribution in [1.29, 1.82) is 0 Å². The third-order valence-corrected chi connectivity index (χ3v) is 5.34. The number of hydrogen-bond acceptors (Lipinski definition) is 3. The topological polar surface area (TPSA) is 71.3 Å². The maximum atomic E-state index is 12.8. The van der Waals surface area contributed by atoms with Crippen LogP contribution in [-0.2, 0) is 13.1 Å². The SMILES string of the molecule is CCCn1cc(CN=C(NC(=O)c2ccc(Cl)cc2)Nc2ccc(C(C)C)cc2)c(C)n1. The van der Waals surface area contributed by atoms with E-state index in [2.05, 4.69) is 53.6 Å². The summed E-state index contributed by atoms with van der Waals surface area (Å²) in [5, 5.41) is 11.2. The fourth-order valence-corrected chi connectivity index (χ4v) is 3.33. The second-order valence-corrected chi connectivity index (χ2v) is 8.47. The zero-order valence-corrected chi connectivity index (χ0v) is 19.8. The summed E-state index contributed by atoms with van der Waals surface area (Å²) < 4.78 is 1.93. The van der Waals surface area contributed by atoms with E-state index in [4.69, 9.17) is 11.6 Å². The van der Waals surface area contributed by atoms with Crippen LogP contribution in [-0.4, -0.2) is 21.6 Å². The number of carbonyl (C=O) groups is 1. The molecule has 0 unspecified atom stereocenters. The second-order valence-electron chi connectivity index (χ2n) is 8.03. The number of guanidine groups is 1. The number of benzene rings is 2. The summed E-state index contributed by atoms with van der Waals surface area (Å²) in [6, 6.07) is 14.9. The highest BCUT2D eigenvalue weighted by Crippen LogP contribution is 2.17. The molecule has 2 N–H and O–H groups in total. The Kier molecular flexibility index (Phi) is 8.06. The molecule has 1 heterocycles. The second kappa shape index (κ2) is 11.0. The molecule has 0 fully saturated rings. The first-order valence-electron chi connectivity index (χ1n) is 10.9. The molecule has 6 nitrogen and oxygen atoms in total. The van der Waals surface area contributed by atoms with Gasteiger partial charge in [-0.3, -0.25) is 14.8 Å². The predicted molar refractivity (Wildman–Crippen MR) is 131 cm³/mol. The van der Waals surface area contributed by atoms with Gasteiger partial charge in [-0.1, -0.05) is 44.5 Å². The number of nitrogens with one attached hydrogen (secondary N) is 2. The van der Waals surface area contributed by atoms with Gasteiger partial charge in [0.2, 0.25) is 5.96 Å². The van der Waals surface area contributed by atoms with Crippen LogP contribution in [0.1, 0.15) is 60.3 Å². The van der Waals surface area contributed by atoms with Gasteiger partial charge in [0.1, 0.15) is 0 Å². The maximum Gasteiger partial charge on any atom is 0.257 e. The molecule has 0 atom stereocenters. The first-order valence-corrected chi connectivity index (χ1v) is 11.2. The fourth-order valence-electron chi connectivity index (χ4n) is 3.20. The van der Waals surface area contributed by atoms with Crippen LogP contribution in [0.15, 0.2) is 59.7 Å². The molecular weight excluding hydrogens is 422 g/mol. The third-order valence-electron chi connectivity index (χ3n) is 5.09. The van der Waals surface area contributed by atoms with Crippen LogP contribution >= 0.6 is 11.6 Å². The standard InChI is InChI=1S/C25H30ClN5O/c1-5-14-31-16-21(18(4)30-31)15-27-25(28-23-12-8-19(9-13-23)17(2)3)29-24(32)20-6-10-22(26)11-7-20/h6-13,16-17H,5,14-15H2,1-4H3,(H2,27,28,29,32). The zero-order valence-electron chi connectivity index (χ0n) is 19.0. The number of anilines is 1. The normalized spacial score (nSPS) is 11.6. The van der Waals surface area contributed by atoms with E-state index in [1.807, 2.05) is 29.9 Å². The molecule has 0 spiro atoms. The lowest BCUT2D eigenvalue weighted by atomic mass is 10.0. The molecule has 7 heteroatoms. The summed E-state index contributed by atoms with van der Waals surface area (Å²) in [5.74, 6) is 0.569. The van der Waals surface area contributed by atoms with Crippen molar-refractivity contribution in [2.24, 2.45) is 4.99 Å². The molecule has 2 aromatic carbocycles. The first-order chi connectivity index (χ1) is 15.4. The van der Waals surface area contributed by atoms with Crippen LogP contribution < -0.4 is 10.6 Å². The first kappa shape index (κ1) is 23.5. The number of amides is 1. The van der Waals surface area contributed by atoms with Crippen molar-refractivity contribution in [2.45, 2.75) is 53.1 Å². The molecule has 0 saturated heterocycles. The highest BCUT2D eigenvalue weighted by molar-refractivity contribution is 6.30. The fraction of sp³-hybridized carbons (Fsp3) is 0.320. The van der Waals surface area contributed by atoms with E-state index < -0.39 is 0 Å². The quantitative estimate of drug-likeness (QED) is 0.353. The van der Waals surface area contributed by atoms with Crippen molar-refractivity contribution in [1.82, 2.24) is 15.1 Å². The molecule has 0 aliphatic rings. The van der Waals surface area contributed by atoms with Gasteiger partial charge in [-0.05, 0) is 61.2 Å². The number of carbonyl (C=O) groups excluding carboxylic acids is 1. The average molecular weight is 452 g/mol. The number of aryl methyl sites for hydroxylation is 2. The van der Waals surface area contributed by atoms with Gasteiger partial charge in [0, 0.05) is 34.6 Å². The van der Waals surface area contributed by atoms with Gasteiger partial charge in [0.25, 0.3) is 5.91 Å². The van der Waals surface area contributed by atoms with Gasteiger partial charge in [-0.25, -0.2) is 4.99 Å². The van der Waals surface area contributed by atoms with Gasteiger partial charge in [0.15, 0.2) is 0 Å². The molecule has 0 bridgehead atoms. The number of aliphatic imine (C=N–C) groups is 1. The van der Waals surface area contributed by atoms with Crippen molar-refractivity contribution < 1.29 is 4.79 Å². The molecule has 3 aromatic rings. The minimum Gasteiger partial charge on any atom is -0.326 e. The van der Waals surface area contributed by atoms with Gasteiger partial charge in [0.05, 0.1) is 12.2 Å². The van der Waals surface area contributed by atoms with Crippen molar-refractivity contribution in [3.8, 4) is 0 Å². The van der Waals surface area contributed by atoms with Crippen LogP contribution in [0, 0.1) is 6.92 Å². The maximum absolute atomic E-state index is 12.8. The highest BCUT2D eigenvalue weighted by Gasteiger charge is 2.11. The lowest BCUT2D eigenvalue weighted by Gasteiger charge is -2.13. The molecule has 3 rings (SSSR count). The lowest BCUT2D eigenvalue weighted by Crippen LogP contribution is -2.36. The average Bonchev–Trinajstić information content (AvgIpc) is 3.12. The smallest absolute Gasteiger partial charge is 0.257 e. The van der Waals surface area contributed by atoms with E-state index in [0.29, 0.717) is 29.0 Å². The Morgan fingerprint density at radius 1 is 1.12 bits per heavy atom. The minimum absolute atomic E-state index is 0.259. The summed E-state index contributed by atoms with van der Waals surface area (Å²) in [6.45, 7) is 9.67. The Morgan fingerprint density at radius 3 is 2.44 bits per heavy atom. The third kappa shape index (κ3) is 6.44. The van der Waals surface area contributed by atoms with E-state index >= 15 is 0 Å². The van der Waals surface area contributed by atoms with E-state index in [0.717, 1.165) is 29.9 Å². The minimum atomic E-state index is -0.259. The van der Waals surface area contributed by atoms with Crippen LogP contribution in [0.3, 0.4) is 0 Å². The van der Waals surface area contributed by atoms with Crippen molar-refractivity contribution in [2.75, 3.05) is 5.32 Å². The van der Waals surface area contributed by atoms with E-state index in [1.165, 1.54) is 5.56 Å². The monoisotopic (exact) mass is 451 g/mol. The number of halogens is 1. The molecule has 0 radical (unpaired) electrons. The Labute approximate surface area is 194 Å². The predicted octanol–water partition coefficient (Wildman–Crippen LogP) is 5.78. The number of rotatable bonds is 7. The number of hydrogen-bond donors (Lipinski definition) is 2. The van der Waals surface area contributed by atoms with E-state index in [9.17, 15) is 4.79 Å². The lowest BCUT2D eigenvalue weighted by molar-refractivity contribution is 0.0977. The largest absolute Gasteiger partial charge is 0.326 e. The Hall–Kier alpha value is -3.12. The molecule has 32 heavy (non-hydrogen) atoms. The summed E-state index contributed by atoms with van der Waals surface area (Å²) in [5.41, 5.74) is 4.56. The van der Waals surface area contributed by atoms with Crippen LogP contribution in [0.2, 0.25) is 5.02 Å². The van der Waals surface area contributed by atoms with E-state index in [1.54, 1.807) is 24.3 Å². The Balaban J connectivity index is 1.81. The van der Waals surface area contributed by atoms with Gasteiger partial charge in [-0.2, -0.15) is 5.10 Å². The Morgan fingerprint density at radius 2 is 1.81 bits per heavy atom. The summed E-state index contributed by atoms with van der Waals surface area (Å²) in [4.78, 5) is 17.4. The van der Waals surface area contributed by atoms with Crippen molar-refractivity contribution >= 4 is 29.2 Å². The van der Waals surface area contributed by atoms with Crippen LogP contribution in [0.25, 0.3) is 0 Å². The van der Waals surface area contributed by atoms with Gasteiger partial charge in [-0.15, -0.1) is 0 Å². The number of nitrogens with zero attached hydrogens (tertiary/aromatic N) is 3. The van der Waals surface area contributed by atoms with Crippen molar-refractivity contribution in [3.05, 3.63) is 82.1 Å². The number of aromatic nitrogens is 2. The van der Waals surface area contributed by atoms with Crippen molar-refractivity contribution in [3.63, 3.8) is 0 Å². The van der Waals surface area contributed by atoms with Crippen LogP contribution in [0.4, 0.5) is 5.69 Å². The van der Waals surface area contributed by atoms with Gasteiger partial charge >= 0.3 is 0 Å². The Bertz CT molecular complexity index is 1070. The summed E-state index contributed by atoms with van der Waals surface area (Å²) >= 11 is 5.95. The molecule has 1 aromatic heterocycles. The molecule has 0 aliphatic carbocycles. The van der Waals surface area contributed by atoms with E-state index in [-0.39, 0.29) is 5.91 Å². The zero-order chi connectivity index (χ0) is 23.1. The summed E-state index contributed by atoms with van der Waals surface area (Å²) in [6.07, 6.45) is 3.03. The van der Waals surface area contributed by atoms with Crippen LogP contribution in [0.5, 0.6) is 0 Å². The molecule has 1 amide bonds.